The maximum atomic E-state index is 13.3. The van der Waals surface area contributed by atoms with Gasteiger partial charge in [-0.2, -0.15) is 0 Å². The standard InChI is InChI=1S/C21H29N3O2.ClH/c1-15-4-6-16(7-5-15)20(25)23-12-2-3-17(14-23)21(26)24-18-8-9-19(24)13-22-11-10-18;/h4-7,17-19,22H,2-3,8-14H2,1H3;1H. The van der Waals surface area contributed by atoms with E-state index in [1.165, 1.54) is 0 Å². The van der Waals surface area contributed by atoms with Crippen LogP contribution in [-0.4, -0.2) is 59.9 Å². The van der Waals surface area contributed by atoms with E-state index in [9.17, 15) is 9.59 Å². The number of benzene rings is 1. The van der Waals surface area contributed by atoms with Gasteiger partial charge < -0.3 is 15.1 Å². The molecule has 3 fully saturated rings. The number of piperidine rings is 1. The summed E-state index contributed by atoms with van der Waals surface area (Å²) in [5, 5.41) is 3.46. The normalized spacial score (nSPS) is 27.7. The highest BCUT2D eigenvalue weighted by atomic mass is 35.5. The minimum Gasteiger partial charge on any atom is -0.338 e. The fourth-order valence-corrected chi connectivity index (χ4v) is 4.79. The molecule has 3 heterocycles. The lowest BCUT2D eigenvalue weighted by Gasteiger charge is -2.37. The quantitative estimate of drug-likeness (QED) is 0.843. The number of carbonyl (C=O) groups excluding carboxylic acids is 2. The van der Waals surface area contributed by atoms with Crippen LogP contribution in [-0.2, 0) is 4.79 Å². The summed E-state index contributed by atoms with van der Waals surface area (Å²) in [6, 6.07) is 8.47. The van der Waals surface area contributed by atoms with Crippen molar-refractivity contribution in [3.63, 3.8) is 0 Å². The predicted octanol–water partition coefficient (Wildman–Crippen LogP) is 2.62. The minimum atomic E-state index is -0.0423. The molecule has 1 aromatic rings. The third-order valence-electron chi connectivity index (χ3n) is 6.27. The second kappa shape index (κ2) is 8.61. The van der Waals surface area contributed by atoms with Crippen LogP contribution in [0, 0.1) is 12.8 Å². The van der Waals surface area contributed by atoms with E-state index < -0.39 is 0 Å². The molecule has 1 N–H and O–H groups in total. The Morgan fingerprint density at radius 2 is 1.78 bits per heavy atom. The number of amides is 2. The molecule has 3 atom stereocenters. The number of hydrogen-bond donors (Lipinski definition) is 1. The molecule has 148 valence electrons. The highest BCUT2D eigenvalue weighted by molar-refractivity contribution is 5.94. The number of nitrogens with zero attached hydrogens (tertiary/aromatic N) is 2. The molecule has 3 saturated heterocycles. The zero-order chi connectivity index (χ0) is 18.1. The second-order valence-corrected chi connectivity index (χ2v) is 8.08. The molecule has 0 spiro atoms. The van der Waals surface area contributed by atoms with Crippen LogP contribution < -0.4 is 5.32 Å². The molecule has 5 nitrogen and oxygen atoms in total. The van der Waals surface area contributed by atoms with Gasteiger partial charge in [0.1, 0.15) is 0 Å². The number of hydrogen-bond acceptors (Lipinski definition) is 3. The monoisotopic (exact) mass is 391 g/mol. The number of aryl methyl sites for hydroxylation is 1. The first-order valence-corrected chi connectivity index (χ1v) is 10.0. The van der Waals surface area contributed by atoms with Gasteiger partial charge in [-0.15, -0.1) is 12.4 Å². The molecule has 0 saturated carbocycles. The molecule has 3 aliphatic rings. The van der Waals surface area contributed by atoms with E-state index in [1.807, 2.05) is 36.1 Å². The summed E-state index contributed by atoms with van der Waals surface area (Å²) >= 11 is 0. The number of likely N-dealkylation sites (tertiary alicyclic amines) is 1. The van der Waals surface area contributed by atoms with Crippen LogP contribution in [0.4, 0.5) is 0 Å². The van der Waals surface area contributed by atoms with Gasteiger partial charge in [-0.25, -0.2) is 0 Å². The van der Waals surface area contributed by atoms with Crippen LogP contribution in [0.3, 0.4) is 0 Å². The van der Waals surface area contributed by atoms with Crippen LogP contribution in [0.1, 0.15) is 48.0 Å². The van der Waals surface area contributed by atoms with Gasteiger partial charge in [-0.05, 0) is 57.7 Å². The van der Waals surface area contributed by atoms with E-state index in [0.717, 1.165) is 62.9 Å². The first-order valence-electron chi connectivity index (χ1n) is 10.0. The van der Waals surface area contributed by atoms with Crippen LogP contribution in [0.5, 0.6) is 0 Å². The third-order valence-corrected chi connectivity index (χ3v) is 6.27. The number of rotatable bonds is 2. The summed E-state index contributed by atoms with van der Waals surface area (Å²) in [5.41, 5.74) is 1.88. The Kier molecular flexibility index (Phi) is 6.43. The summed E-state index contributed by atoms with van der Waals surface area (Å²) in [6.07, 6.45) is 5.12. The molecule has 0 aliphatic carbocycles. The Morgan fingerprint density at radius 1 is 1.04 bits per heavy atom. The van der Waals surface area contributed by atoms with Crippen molar-refractivity contribution in [3.05, 3.63) is 35.4 Å². The van der Waals surface area contributed by atoms with Crippen molar-refractivity contribution in [3.8, 4) is 0 Å². The predicted molar refractivity (Wildman–Crippen MR) is 108 cm³/mol. The lowest BCUT2D eigenvalue weighted by molar-refractivity contribution is -0.139. The molecule has 2 bridgehead atoms. The van der Waals surface area contributed by atoms with Gasteiger partial charge >= 0.3 is 0 Å². The van der Waals surface area contributed by atoms with E-state index in [-0.39, 0.29) is 30.1 Å². The average Bonchev–Trinajstić information content (AvgIpc) is 2.94. The van der Waals surface area contributed by atoms with Gasteiger partial charge in [0.2, 0.25) is 5.91 Å². The van der Waals surface area contributed by atoms with Crippen molar-refractivity contribution in [1.29, 1.82) is 0 Å². The Hall–Kier alpha value is -1.59. The largest absolute Gasteiger partial charge is 0.338 e. The van der Waals surface area contributed by atoms with Crippen molar-refractivity contribution in [2.24, 2.45) is 5.92 Å². The Bertz CT molecular complexity index is 665. The van der Waals surface area contributed by atoms with E-state index in [4.69, 9.17) is 0 Å². The number of halogens is 1. The molecule has 1 aromatic carbocycles. The highest BCUT2D eigenvalue weighted by Crippen LogP contribution is 2.31. The molecular formula is C21H30ClN3O2. The van der Waals surface area contributed by atoms with Crippen molar-refractivity contribution >= 4 is 24.2 Å². The topological polar surface area (TPSA) is 52.7 Å². The van der Waals surface area contributed by atoms with Gasteiger partial charge in [0, 0.05) is 37.3 Å². The maximum Gasteiger partial charge on any atom is 0.253 e. The molecule has 3 aliphatic heterocycles. The summed E-state index contributed by atoms with van der Waals surface area (Å²) in [7, 11) is 0. The second-order valence-electron chi connectivity index (χ2n) is 8.08. The lowest BCUT2D eigenvalue weighted by Crippen LogP contribution is -2.50. The molecule has 0 aromatic heterocycles. The van der Waals surface area contributed by atoms with Crippen molar-refractivity contribution < 1.29 is 9.59 Å². The third kappa shape index (κ3) is 4.14. The summed E-state index contributed by atoms with van der Waals surface area (Å²) in [4.78, 5) is 30.2. The molecule has 3 unspecified atom stereocenters. The number of nitrogens with one attached hydrogen (secondary N) is 1. The number of fused-ring (bicyclic) bond motifs is 2. The van der Waals surface area contributed by atoms with E-state index in [1.54, 1.807) is 0 Å². The maximum absolute atomic E-state index is 13.3. The zero-order valence-electron chi connectivity index (χ0n) is 16.0. The highest BCUT2D eigenvalue weighted by Gasteiger charge is 2.41. The van der Waals surface area contributed by atoms with Crippen molar-refractivity contribution in [2.75, 3.05) is 26.2 Å². The van der Waals surface area contributed by atoms with E-state index >= 15 is 0 Å². The SMILES string of the molecule is Cc1ccc(C(=O)N2CCCC(C(=O)N3C4CCNCC3CC4)C2)cc1.Cl. The fraction of sp³-hybridized carbons (Fsp3) is 0.619. The molecule has 0 radical (unpaired) electrons. The van der Waals surface area contributed by atoms with Gasteiger partial charge in [0.15, 0.2) is 0 Å². The van der Waals surface area contributed by atoms with Gasteiger partial charge in [-0.3, -0.25) is 9.59 Å². The van der Waals surface area contributed by atoms with Crippen molar-refractivity contribution in [1.82, 2.24) is 15.1 Å². The molecule has 27 heavy (non-hydrogen) atoms. The fourth-order valence-electron chi connectivity index (χ4n) is 4.79. The summed E-state index contributed by atoms with van der Waals surface area (Å²) < 4.78 is 0. The van der Waals surface area contributed by atoms with Crippen LogP contribution >= 0.6 is 12.4 Å². The smallest absolute Gasteiger partial charge is 0.253 e. The minimum absolute atomic E-state index is 0. The Morgan fingerprint density at radius 3 is 2.56 bits per heavy atom. The summed E-state index contributed by atoms with van der Waals surface area (Å²) in [5.74, 6) is 0.296. The Labute approximate surface area is 167 Å². The molecular weight excluding hydrogens is 362 g/mol. The molecule has 2 amide bonds. The van der Waals surface area contributed by atoms with E-state index in [0.29, 0.717) is 18.6 Å². The zero-order valence-corrected chi connectivity index (χ0v) is 16.8. The average molecular weight is 392 g/mol. The van der Waals surface area contributed by atoms with Crippen LogP contribution in [0.15, 0.2) is 24.3 Å². The van der Waals surface area contributed by atoms with Gasteiger partial charge in [0.05, 0.1) is 5.92 Å². The van der Waals surface area contributed by atoms with Crippen molar-refractivity contribution in [2.45, 2.75) is 51.1 Å². The van der Waals surface area contributed by atoms with Crippen LogP contribution in [0.2, 0.25) is 0 Å². The molecule has 4 rings (SSSR count). The van der Waals surface area contributed by atoms with Gasteiger partial charge in [-0.1, -0.05) is 17.7 Å². The van der Waals surface area contributed by atoms with E-state index in [2.05, 4.69) is 10.2 Å². The number of carbonyl (C=O) groups is 2. The lowest BCUT2D eigenvalue weighted by atomic mass is 9.95. The Balaban J connectivity index is 0.00000210. The first-order chi connectivity index (χ1) is 12.6. The molecule has 6 heteroatoms. The first kappa shape index (κ1) is 20.2. The summed E-state index contributed by atoms with van der Waals surface area (Å²) in [6.45, 7) is 5.27. The van der Waals surface area contributed by atoms with Crippen LogP contribution in [0.25, 0.3) is 0 Å². The van der Waals surface area contributed by atoms with Gasteiger partial charge in [0.25, 0.3) is 5.91 Å².